The predicted octanol–water partition coefficient (Wildman–Crippen LogP) is 4.91. The standard InChI is InChI=1S/C20H20F4N4O2S2/c1-9-11(16(17(30)25-2)18(26-3)32-9)7-15(29)28-19-27-14(8-31-19)10-4-5-12(13(21)6-10)20(22,23)24/h4,6,8,12,26H,5,7H2,1-3H3,(H,25,30)(H,27,28,29). The number of aryl methyl sites for hydroxylation is 1. The average molecular weight is 489 g/mol. The summed E-state index contributed by atoms with van der Waals surface area (Å²) in [4.78, 5) is 29.8. The van der Waals surface area contributed by atoms with Gasteiger partial charge in [0.05, 0.1) is 17.7 Å². The van der Waals surface area contributed by atoms with Gasteiger partial charge in [-0.25, -0.2) is 9.37 Å². The third-order valence-electron chi connectivity index (χ3n) is 4.87. The van der Waals surface area contributed by atoms with E-state index >= 15 is 0 Å². The van der Waals surface area contributed by atoms with E-state index in [1.807, 2.05) is 6.92 Å². The van der Waals surface area contributed by atoms with Crippen LogP contribution in [0.15, 0.2) is 23.4 Å². The lowest BCUT2D eigenvalue weighted by molar-refractivity contribution is -0.167. The predicted molar refractivity (Wildman–Crippen MR) is 118 cm³/mol. The Morgan fingerprint density at radius 1 is 1.28 bits per heavy atom. The van der Waals surface area contributed by atoms with Crippen LogP contribution in [0.25, 0.3) is 5.57 Å². The molecule has 32 heavy (non-hydrogen) atoms. The molecule has 0 fully saturated rings. The van der Waals surface area contributed by atoms with Crippen LogP contribution < -0.4 is 16.0 Å². The molecule has 0 spiro atoms. The van der Waals surface area contributed by atoms with Crippen LogP contribution in [-0.4, -0.2) is 37.1 Å². The largest absolute Gasteiger partial charge is 0.398 e. The molecule has 0 bridgehead atoms. The molecule has 172 valence electrons. The van der Waals surface area contributed by atoms with Crippen LogP contribution in [0.1, 0.15) is 32.9 Å². The number of halogens is 4. The Hall–Kier alpha value is -2.73. The van der Waals surface area contributed by atoms with Crippen molar-refractivity contribution in [1.29, 1.82) is 0 Å². The van der Waals surface area contributed by atoms with Gasteiger partial charge in [-0.1, -0.05) is 6.08 Å². The normalized spacial score (nSPS) is 16.3. The Morgan fingerprint density at radius 3 is 2.59 bits per heavy atom. The maximum Gasteiger partial charge on any atom is 0.398 e. The number of aromatic nitrogens is 1. The smallest absolute Gasteiger partial charge is 0.379 e. The number of hydrogen-bond acceptors (Lipinski definition) is 6. The van der Waals surface area contributed by atoms with Crippen LogP contribution in [-0.2, 0) is 11.2 Å². The van der Waals surface area contributed by atoms with Gasteiger partial charge in [0, 0.05) is 24.4 Å². The second-order valence-corrected chi connectivity index (χ2v) is 9.03. The first-order valence-electron chi connectivity index (χ1n) is 9.47. The number of allylic oxidation sites excluding steroid dienone is 4. The van der Waals surface area contributed by atoms with Crippen LogP contribution in [0, 0.1) is 12.8 Å². The van der Waals surface area contributed by atoms with Gasteiger partial charge < -0.3 is 16.0 Å². The fourth-order valence-corrected chi connectivity index (χ4v) is 5.01. The summed E-state index contributed by atoms with van der Waals surface area (Å²) >= 11 is 2.44. The number of thiophene rings is 1. The van der Waals surface area contributed by atoms with Gasteiger partial charge in [0.1, 0.15) is 16.7 Å². The molecule has 3 N–H and O–H groups in total. The van der Waals surface area contributed by atoms with Gasteiger partial charge in [0.25, 0.3) is 5.91 Å². The van der Waals surface area contributed by atoms with Gasteiger partial charge in [-0.15, -0.1) is 22.7 Å². The Labute approximate surface area is 189 Å². The molecule has 3 rings (SSSR count). The number of nitrogens with one attached hydrogen (secondary N) is 3. The highest BCUT2D eigenvalue weighted by Crippen LogP contribution is 2.40. The summed E-state index contributed by atoms with van der Waals surface area (Å²) in [7, 11) is 3.19. The van der Waals surface area contributed by atoms with Crippen molar-refractivity contribution in [2.45, 2.75) is 25.9 Å². The topological polar surface area (TPSA) is 83.1 Å². The van der Waals surface area contributed by atoms with Crippen molar-refractivity contribution in [3.63, 3.8) is 0 Å². The third-order valence-corrected chi connectivity index (χ3v) is 6.79. The maximum atomic E-state index is 13.9. The van der Waals surface area contributed by atoms with E-state index in [4.69, 9.17) is 0 Å². The molecule has 1 unspecified atom stereocenters. The number of thiazole rings is 1. The lowest BCUT2D eigenvalue weighted by atomic mass is 9.94. The molecule has 2 amide bonds. The first-order valence-corrected chi connectivity index (χ1v) is 11.2. The summed E-state index contributed by atoms with van der Waals surface area (Å²) in [5.41, 5.74) is 1.50. The number of rotatable bonds is 6. The van der Waals surface area contributed by atoms with Crippen molar-refractivity contribution in [2.75, 3.05) is 24.7 Å². The van der Waals surface area contributed by atoms with E-state index in [0.717, 1.165) is 22.3 Å². The minimum atomic E-state index is -4.65. The average Bonchev–Trinajstić information content (AvgIpc) is 3.31. The van der Waals surface area contributed by atoms with Gasteiger partial charge in [0.15, 0.2) is 5.13 Å². The van der Waals surface area contributed by atoms with Gasteiger partial charge in [0.2, 0.25) is 5.91 Å². The van der Waals surface area contributed by atoms with Crippen molar-refractivity contribution in [3.8, 4) is 0 Å². The van der Waals surface area contributed by atoms with Crippen molar-refractivity contribution in [2.24, 2.45) is 5.92 Å². The Balaban J connectivity index is 1.72. The molecule has 12 heteroatoms. The minimum Gasteiger partial charge on any atom is -0.379 e. The van der Waals surface area contributed by atoms with Crippen LogP contribution in [0.5, 0.6) is 0 Å². The fourth-order valence-electron chi connectivity index (χ4n) is 3.25. The van der Waals surface area contributed by atoms with Crippen molar-refractivity contribution >= 4 is 50.2 Å². The molecule has 2 aromatic heterocycles. The summed E-state index contributed by atoms with van der Waals surface area (Å²) in [6.07, 6.45) is -3.11. The number of alkyl halides is 3. The lowest BCUT2D eigenvalue weighted by Gasteiger charge is -2.20. The number of nitrogens with zero attached hydrogens (tertiary/aromatic N) is 1. The number of carbonyl (C=O) groups is 2. The number of amides is 2. The monoisotopic (exact) mass is 488 g/mol. The first-order chi connectivity index (χ1) is 15.0. The van der Waals surface area contributed by atoms with E-state index in [2.05, 4.69) is 20.9 Å². The first kappa shape index (κ1) is 23.9. The van der Waals surface area contributed by atoms with E-state index in [-0.39, 0.29) is 28.7 Å². The van der Waals surface area contributed by atoms with Gasteiger partial charge in [-0.3, -0.25) is 9.59 Å². The highest BCUT2D eigenvalue weighted by Gasteiger charge is 2.43. The second-order valence-electron chi connectivity index (χ2n) is 6.95. The van der Waals surface area contributed by atoms with Crippen molar-refractivity contribution in [1.82, 2.24) is 10.3 Å². The zero-order valence-corrected chi connectivity index (χ0v) is 18.9. The molecule has 1 aliphatic carbocycles. The Bertz CT molecular complexity index is 1100. The zero-order chi connectivity index (χ0) is 23.6. The molecule has 2 aromatic rings. The van der Waals surface area contributed by atoms with Gasteiger partial charge in [-0.05, 0) is 30.6 Å². The molecular formula is C20H20F4N4O2S2. The highest BCUT2D eigenvalue weighted by molar-refractivity contribution is 7.16. The Kier molecular flexibility index (Phi) is 7.03. The van der Waals surface area contributed by atoms with Crippen LogP contribution in [0.3, 0.4) is 0 Å². The van der Waals surface area contributed by atoms with E-state index in [1.54, 1.807) is 7.05 Å². The summed E-state index contributed by atoms with van der Waals surface area (Å²) < 4.78 is 52.3. The summed E-state index contributed by atoms with van der Waals surface area (Å²) in [6.45, 7) is 1.81. The number of hydrogen-bond donors (Lipinski definition) is 3. The summed E-state index contributed by atoms with van der Waals surface area (Å²) in [5, 5.41) is 10.6. The maximum absolute atomic E-state index is 13.9. The van der Waals surface area contributed by atoms with Crippen molar-refractivity contribution in [3.05, 3.63) is 45.1 Å². The molecular weight excluding hydrogens is 468 g/mol. The molecule has 0 radical (unpaired) electrons. The van der Waals surface area contributed by atoms with Crippen molar-refractivity contribution < 1.29 is 27.2 Å². The van der Waals surface area contributed by atoms with Crippen LogP contribution in [0.4, 0.5) is 27.7 Å². The SMILES string of the molecule is CNC(=O)c1c(NC)sc(C)c1CC(=O)Nc1nc(C2=CCC(C(F)(F)F)C(F)=C2)cs1. The summed E-state index contributed by atoms with van der Waals surface area (Å²) in [6, 6.07) is 0. The van der Waals surface area contributed by atoms with E-state index in [0.29, 0.717) is 16.1 Å². The minimum absolute atomic E-state index is 0.0633. The molecule has 1 atom stereocenters. The van der Waals surface area contributed by atoms with Gasteiger partial charge in [-0.2, -0.15) is 13.2 Å². The molecule has 0 saturated carbocycles. The molecule has 6 nitrogen and oxygen atoms in total. The van der Waals surface area contributed by atoms with E-state index in [9.17, 15) is 27.2 Å². The molecule has 2 heterocycles. The summed E-state index contributed by atoms with van der Waals surface area (Å²) in [5.74, 6) is -4.12. The second kappa shape index (κ2) is 9.41. The van der Waals surface area contributed by atoms with E-state index in [1.165, 1.54) is 29.8 Å². The van der Waals surface area contributed by atoms with Crippen LogP contribution in [0.2, 0.25) is 0 Å². The molecule has 1 aliphatic rings. The number of anilines is 2. The van der Waals surface area contributed by atoms with E-state index < -0.39 is 30.2 Å². The quantitative estimate of drug-likeness (QED) is 0.505. The van der Waals surface area contributed by atoms with Crippen LogP contribution >= 0.6 is 22.7 Å². The number of carbonyl (C=O) groups excluding carboxylic acids is 2. The zero-order valence-electron chi connectivity index (χ0n) is 17.3. The fraction of sp³-hybridized carbons (Fsp3) is 0.350. The molecule has 0 aliphatic heterocycles. The highest BCUT2D eigenvalue weighted by atomic mass is 32.1. The molecule has 0 saturated heterocycles. The lowest BCUT2D eigenvalue weighted by Crippen LogP contribution is -2.24. The van der Waals surface area contributed by atoms with Gasteiger partial charge >= 0.3 is 6.18 Å². The Morgan fingerprint density at radius 2 is 2.00 bits per heavy atom. The third kappa shape index (κ3) is 5.01. The molecule has 0 aromatic carbocycles.